The second kappa shape index (κ2) is 9.33. The zero-order valence-electron chi connectivity index (χ0n) is 18.4. The van der Waals surface area contributed by atoms with Gasteiger partial charge in [-0.25, -0.2) is 0 Å². The lowest BCUT2D eigenvalue weighted by Gasteiger charge is -2.23. The van der Waals surface area contributed by atoms with Crippen molar-refractivity contribution in [3.8, 4) is 5.75 Å². The molecule has 5 heteroatoms. The maximum absolute atomic E-state index is 12.9. The number of rotatable bonds is 6. The molecule has 1 atom stereocenters. The van der Waals surface area contributed by atoms with Crippen LogP contribution < -0.4 is 15.4 Å². The van der Waals surface area contributed by atoms with Crippen LogP contribution in [0.25, 0.3) is 0 Å². The molecule has 1 unspecified atom stereocenters. The van der Waals surface area contributed by atoms with Crippen LogP contribution >= 0.6 is 0 Å². The standard InChI is InChI=1S/C25H32N2O3/c1-5-22(30-19-15-14-17-10-6-7-11-18(17)16-19)24(29)26-21-13-9-8-12-20(21)23(28)27-25(2,3)4/h8-9,12-16,22H,5-7,10-11H2,1-4H3,(H,26,29)(H,27,28). The predicted octanol–water partition coefficient (Wildman–Crippen LogP) is 4.89. The first kappa shape index (κ1) is 21.9. The first-order valence-corrected chi connectivity index (χ1v) is 10.8. The van der Waals surface area contributed by atoms with Gasteiger partial charge in [0.1, 0.15) is 5.75 Å². The van der Waals surface area contributed by atoms with Gasteiger partial charge in [0.25, 0.3) is 11.8 Å². The van der Waals surface area contributed by atoms with E-state index in [0.717, 1.165) is 18.6 Å². The SMILES string of the molecule is CCC(Oc1ccc2c(c1)CCCC2)C(=O)Nc1ccccc1C(=O)NC(C)(C)C. The maximum atomic E-state index is 12.9. The quantitative estimate of drug-likeness (QED) is 0.715. The summed E-state index contributed by atoms with van der Waals surface area (Å²) in [4.78, 5) is 25.6. The van der Waals surface area contributed by atoms with Gasteiger partial charge in [-0.15, -0.1) is 0 Å². The minimum absolute atomic E-state index is 0.220. The summed E-state index contributed by atoms with van der Waals surface area (Å²) in [5, 5.41) is 5.83. The Morgan fingerprint density at radius 3 is 2.43 bits per heavy atom. The molecule has 0 fully saturated rings. The second-order valence-electron chi connectivity index (χ2n) is 8.89. The van der Waals surface area contributed by atoms with Gasteiger partial charge in [0.2, 0.25) is 0 Å². The third-order valence-electron chi connectivity index (χ3n) is 5.18. The van der Waals surface area contributed by atoms with E-state index in [4.69, 9.17) is 4.74 Å². The average molecular weight is 409 g/mol. The first-order valence-electron chi connectivity index (χ1n) is 10.8. The molecule has 2 aromatic carbocycles. The number of aryl methyl sites for hydroxylation is 2. The lowest BCUT2D eigenvalue weighted by atomic mass is 9.92. The fourth-order valence-corrected chi connectivity index (χ4v) is 3.68. The summed E-state index contributed by atoms with van der Waals surface area (Å²) >= 11 is 0. The maximum Gasteiger partial charge on any atom is 0.265 e. The Kier molecular flexibility index (Phi) is 6.80. The number of nitrogens with one attached hydrogen (secondary N) is 2. The number of para-hydroxylation sites is 1. The molecule has 0 spiro atoms. The van der Waals surface area contributed by atoms with E-state index < -0.39 is 6.10 Å². The van der Waals surface area contributed by atoms with Gasteiger partial charge in [-0.2, -0.15) is 0 Å². The molecule has 160 valence electrons. The fraction of sp³-hybridized carbons (Fsp3) is 0.440. The molecular formula is C25H32N2O3. The van der Waals surface area contributed by atoms with E-state index in [1.807, 2.05) is 33.8 Å². The molecule has 2 amide bonds. The molecule has 5 nitrogen and oxygen atoms in total. The van der Waals surface area contributed by atoms with Crippen LogP contribution in [0.3, 0.4) is 0 Å². The Labute approximate surface area is 179 Å². The van der Waals surface area contributed by atoms with Gasteiger partial charge in [-0.1, -0.05) is 25.1 Å². The summed E-state index contributed by atoms with van der Waals surface area (Å²) in [7, 11) is 0. The van der Waals surface area contributed by atoms with E-state index in [1.54, 1.807) is 24.3 Å². The molecule has 0 bridgehead atoms. The van der Waals surface area contributed by atoms with E-state index in [0.29, 0.717) is 17.7 Å². The molecule has 30 heavy (non-hydrogen) atoms. The van der Waals surface area contributed by atoms with Crippen LogP contribution in [0.15, 0.2) is 42.5 Å². The molecule has 0 heterocycles. The summed E-state index contributed by atoms with van der Waals surface area (Å²) in [6.07, 6.45) is 4.49. The van der Waals surface area contributed by atoms with Gasteiger partial charge in [0.15, 0.2) is 6.10 Å². The zero-order chi connectivity index (χ0) is 21.7. The molecule has 2 N–H and O–H groups in total. The van der Waals surface area contributed by atoms with Gasteiger partial charge < -0.3 is 15.4 Å². The third kappa shape index (κ3) is 5.62. The van der Waals surface area contributed by atoms with Gasteiger partial charge in [0, 0.05) is 5.54 Å². The van der Waals surface area contributed by atoms with E-state index in [2.05, 4.69) is 22.8 Å². The number of ether oxygens (including phenoxy) is 1. The van der Waals surface area contributed by atoms with Crippen molar-refractivity contribution >= 4 is 17.5 Å². The highest BCUT2D eigenvalue weighted by Gasteiger charge is 2.23. The number of benzene rings is 2. The number of hydrogen-bond acceptors (Lipinski definition) is 3. The minimum atomic E-state index is -0.634. The van der Waals surface area contributed by atoms with Crippen molar-refractivity contribution in [2.24, 2.45) is 0 Å². The predicted molar refractivity (Wildman–Crippen MR) is 120 cm³/mol. The van der Waals surface area contributed by atoms with Crippen molar-refractivity contribution in [3.05, 3.63) is 59.2 Å². The molecule has 0 radical (unpaired) electrons. The molecule has 0 aromatic heterocycles. The first-order chi connectivity index (χ1) is 14.3. The number of amides is 2. The number of fused-ring (bicyclic) bond motifs is 1. The molecule has 0 saturated carbocycles. The molecular weight excluding hydrogens is 376 g/mol. The summed E-state index contributed by atoms with van der Waals surface area (Å²) in [6, 6.07) is 13.2. The Balaban J connectivity index is 1.72. The topological polar surface area (TPSA) is 67.4 Å². The number of anilines is 1. The van der Waals surface area contributed by atoms with Crippen LogP contribution in [0.4, 0.5) is 5.69 Å². The van der Waals surface area contributed by atoms with Crippen LogP contribution in [0.2, 0.25) is 0 Å². The molecule has 1 aliphatic rings. The van der Waals surface area contributed by atoms with Crippen LogP contribution in [0.5, 0.6) is 5.75 Å². The van der Waals surface area contributed by atoms with Gasteiger partial charge in [-0.3, -0.25) is 9.59 Å². The van der Waals surface area contributed by atoms with Crippen molar-refractivity contribution in [2.45, 2.75) is 71.4 Å². The number of hydrogen-bond donors (Lipinski definition) is 2. The van der Waals surface area contributed by atoms with Crippen molar-refractivity contribution in [2.75, 3.05) is 5.32 Å². The van der Waals surface area contributed by atoms with Crippen LogP contribution in [-0.4, -0.2) is 23.5 Å². The second-order valence-corrected chi connectivity index (χ2v) is 8.89. The van der Waals surface area contributed by atoms with Crippen molar-refractivity contribution in [1.29, 1.82) is 0 Å². The van der Waals surface area contributed by atoms with Crippen molar-refractivity contribution < 1.29 is 14.3 Å². The molecule has 3 rings (SSSR count). The van der Waals surface area contributed by atoms with Crippen molar-refractivity contribution in [1.82, 2.24) is 5.32 Å². The smallest absolute Gasteiger partial charge is 0.265 e. The highest BCUT2D eigenvalue weighted by Crippen LogP contribution is 2.26. The lowest BCUT2D eigenvalue weighted by Crippen LogP contribution is -2.41. The van der Waals surface area contributed by atoms with E-state index in [9.17, 15) is 9.59 Å². The highest BCUT2D eigenvalue weighted by molar-refractivity contribution is 6.04. The molecule has 1 aliphatic carbocycles. The van der Waals surface area contributed by atoms with Gasteiger partial charge >= 0.3 is 0 Å². The normalized spacial score (nSPS) is 14.4. The number of carbonyl (C=O) groups is 2. The fourth-order valence-electron chi connectivity index (χ4n) is 3.68. The minimum Gasteiger partial charge on any atom is -0.481 e. The Bertz CT molecular complexity index is 915. The molecule has 0 aliphatic heterocycles. The highest BCUT2D eigenvalue weighted by atomic mass is 16.5. The summed E-state index contributed by atoms with van der Waals surface area (Å²) < 4.78 is 6.03. The Morgan fingerprint density at radius 2 is 1.73 bits per heavy atom. The summed E-state index contributed by atoms with van der Waals surface area (Å²) in [5.74, 6) is 0.240. The lowest BCUT2D eigenvalue weighted by molar-refractivity contribution is -0.122. The Hall–Kier alpha value is -2.82. The zero-order valence-corrected chi connectivity index (χ0v) is 18.4. The number of carbonyl (C=O) groups excluding carboxylic acids is 2. The van der Waals surface area contributed by atoms with Crippen LogP contribution in [-0.2, 0) is 17.6 Å². The van der Waals surface area contributed by atoms with E-state index in [-0.39, 0.29) is 17.4 Å². The molecule has 0 saturated heterocycles. The Morgan fingerprint density at radius 1 is 1.03 bits per heavy atom. The van der Waals surface area contributed by atoms with Crippen LogP contribution in [0.1, 0.15) is 68.4 Å². The van der Waals surface area contributed by atoms with Gasteiger partial charge in [-0.05, 0) is 88.3 Å². The summed E-state index contributed by atoms with van der Waals surface area (Å²) in [6.45, 7) is 7.68. The monoisotopic (exact) mass is 408 g/mol. The average Bonchev–Trinajstić information content (AvgIpc) is 2.71. The third-order valence-corrected chi connectivity index (χ3v) is 5.18. The van der Waals surface area contributed by atoms with Crippen LogP contribution in [0, 0.1) is 0 Å². The van der Waals surface area contributed by atoms with E-state index in [1.165, 1.54) is 24.0 Å². The van der Waals surface area contributed by atoms with Crippen molar-refractivity contribution in [3.63, 3.8) is 0 Å². The van der Waals surface area contributed by atoms with E-state index >= 15 is 0 Å². The van der Waals surface area contributed by atoms with Gasteiger partial charge in [0.05, 0.1) is 11.3 Å². The largest absolute Gasteiger partial charge is 0.481 e. The summed E-state index contributed by atoms with van der Waals surface area (Å²) in [5.41, 5.74) is 3.25. The molecule has 2 aromatic rings.